The largest absolute Gasteiger partial charge is 0.399 e. The van der Waals surface area contributed by atoms with Gasteiger partial charge < -0.3 is 5.73 Å². The molecule has 0 aliphatic carbocycles. The Morgan fingerprint density at radius 3 is 2.71 bits per heavy atom. The lowest BCUT2D eigenvalue weighted by Crippen LogP contribution is -2.09. The number of rotatable bonds is 3. The van der Waals surface area contributed by atoms with Crippen LogP contribution in [-0.4, -0.2) is 15.9 Å². The number of aromatic nitrogens is 2. The molecule has 106 valence electrons. The molecule has 1 aromatic carbocycles. The number of thiazole rings is 2. The molecular formula is C14H12N4OS2. The quantitative estimate of drug-likeness (QED) is 0.726. The maximum absolute atomic E-state index is 12.0. The normalized spacial score (nSPS) is 10.5. The van der Waals surface area contributed by atoms with Gasteiger partial charge in [0.2, 0.25) is 0 Å². The third-order valence-electron chi connectivity index (χ3n) is 2.78. The molecule has 0 aliphatic heterocycles. The fourth-order valence-corrected chi connectivity index (χ4v) is 3.13. The molecule has 0 saturated heterocycles. The number of nitrogens with two attached hydrogens (primary N) is 1. The van der Waals surface area contributed by atoms with E-state index >= 15 is 0 Å². The van der Waals surface area contributed by atoms with E-state index in [1.54, 1.807) is 6.20 Å². The molecule has 0 unspecified atom stereocenters. The summed E-state index contributed by atoms with van der Waals surface area (Å²) < 4.78 is 0. The summed E-state index contributed by atoms with van der Waals surface area (Å²) >= 11 is 2.75. The molecule has 0 bridgehead atoms. The number of aryl methyl sites for hydroxylation is 1. The van der Waals surface area contributed by atoms with Crippen molar-refractivity contribution in [2.75, 3.05) is 11.1 Å². The Hall–Kier alpha value is -2.25. The Morgan fingerprint density at radius 2 is 2.05 bits per heavy atom. The summed E-state index contributed by atoms with van der Waals surface area (Å²) in [4.78, 5) is 21.1. The molecule has 21 heavy (non-hydrogen) atoms. The van der Waals surface area contributed by atoms with Crippen LogP contribution in [0.2, 0.25) is 0 Å². The number of nitrogens with zero attached hydrogens (tertiary/aromatic N) is 2. The molecule has 2 aromatic heterocycles. The predicted molar refractivity (Wildman–Crippen MR) is 86.8 cm³/mol. The summed E-state index contributed by atoms with van der Waals surface area (Å²) in [5.41, 5.74) is 8.16. The zero-order valence-electron chi connectivity index (χ0n) is 11.2. The number of carbonyl (C=O) groups excluding carboxylic acids is 1. The average Bonchev–Trinajstić information content (AvgIpc) is 3.09. The highest BCUT2D eigenvalue weighted by atomic mass is 32.1. The van der Waals surface area contributed by atoms with Gasteiger partial charge in [0.15, 0.2) is 5.13 Å². The Balaban J connectivity index is 1.76. The zero-order valence-corrected chi connectivity index (χ0v) is 12.8. The predicted octanol–water partition coefficient (Wildman–Crippen LogP) is 3.41. The van der Waals surface area contributed by atoms with Gasteiger partial charge in [-0.15, -0.1) is 22.7 Å². The molecule has 3 N–H and O–H groups in total. The van der Waals surface area contributed by atoms with Gasteiger partial charge in [-0.3, -0.25) is 10.1 Å². The van der Waals surface area contributed by atoms with Gasteiger partial charge >= 0.3 is 0 Å². The number of benzene rings is 1. The fourth-order valence-electron chi connectivity index (χ4n) is 1.74. The van der Waals surface area contributed by atoms with Gasteiger partial charge in [-0.05, 0) is 19.1 Å². The fraction of sp³-hybridized carbons (Fsp3) is 0.0714. The van der Waals surface area contributed by atoms with Crippen molar-refractivity contribution in [1.82, 2.24) is 9.97 Å². The molecule has 0 spiro atoms. The first-order valence-corrected chi connectivity index (χ1v) is 7.86. The molecule has 1 amide bonds. The molecule has 2 heterocycles. The highest BCUT2D eigenvalue weighted by molar-refractivity contribution is 7.15. The lowest BCUT2D eigenvalue weighted by molar-refractivity contribution is 0.103. The first kappa shape index (κ1) is 13.7. The highest BCUT2D eigenvalue weighted by Gasteiger charge is 2.12. The van der Waals surface area contributed by atoms with E-state index in [0.29, 0.717) is 15.7 Å². The standard InChI is InChI=1S/C14H12N4OS2/c1-8-16-6-12(21-8)13(19)18-14-17-11(7-20-14)9-2-4-10(15)5-3-9/h2-7H,15H2,1H3,(H,17,18,19). The lowest BCUT2D eigenvalue weighted by atomic mass is 10.1. The first-order valence-electron chi connectivity index (χ1n) is 6.17. The summed E-state index contributed by atoms with van der Waals surface area (Å²) in [6, 6.07) is 7.46. The lowest BCUT2D eigenvalue weighted by Gasteiger charge is -1.98. The van der Waals surface area contributed by atoms with E-state index in [-0.39, 0.29) is 5.91 Å². The summed E-state index contributed by atoms with van der Waals surface area (Å²) in [6.07, 6.45) is 1.57. The van der Waals surface area contributed by atoms with Crippen LogP contribution < -0.4 is 11.1 Å². The maximum Gasteiger partial charge on any atom is 0.269 e. The van der Waals surface area contributed by atoms with Gasteiger partial charge in [0, 0.05) is 16.6 Å². The van der Waals surface area contributed by atoms with Crippen LogP contribution in [0.15, 0.2) is 35.8 Å². The molecule has 7 heteroatoms. The van der Waals surface area contributed by atoms with E-state index in [9.17, 15) is 4.79 Å². The molecule has 0 aliphatic rings. The average molecular weight is 316 g/mol. The third kappa shape index (κ3) is 3.09. The molecule has 0 atom stereocenters. The van der Waals surface area contributed by atoms with Crippen molar-refractivity contribution >= 4 is 39.4 Å². The van der Waals surface area contributed by atoms with Gasteiger partial charge in [0.1, 0.15) is 4.88 Å². The van der Waals surface area contributed by atoms with Crippen LogP contribution in [0.25, 0.3) is 11.3 Å². The number of hydrogen-bond donors (Lipinski definition) is 2. The second-order valence-electron chi connectivity index (χ2n) is 4.36. The van der Waals surface area contributed by atoms with Crippen LogP contribution in [0.4, 0.5) is 10.8 Å². The number of nitrogen functional groups attached to an aromatic ring is 1. The number of anilines is 2. The molecule has 0 fully saturated rings. The van der Waals surface area contributed by atoms with Crippen molar-refractivity contribution in [1.29, 1.82) is 0 Å². The van der Waals surface area contributed by atoms with Crippen molar-refractivity contribution in [2.24, 2.45) is 0 Å². The molecular weight excluding hydrogens is 304 g/mol. The smallest absolute Gasteiger partial charge is 0.269 e. The van der Waals surface area contributed by atoms with Gasteiger partial charge in [-0.2, -0.15) is 0 Å². The number of amides is 1. The van der Waals surface area contributed by atoms with Crippen LogP contribution in [0.5, 0.6) is 0 Å². The van der Waals surface area contributed by atoms with Gasteiger partial charge in [0.05, 0.1) is 16.9 Å². The second kappa shape index (κ2) is 5.63. The van der Waals surface area contributed by atoms with Crippen molar-refractivity contribution in [3.05, 3.63) is 45.7 Å². The highest BCUT2D eigenvalue weighted by Crippen LogP contribution is 2.26. The van der Waals surface area contributed by atoms with Crippen LogP contribution in [0, 0.1) is 6.92 Å². The number of hydrogen-bond acceptors (Lipinski definition) is 6. The second-order valence-corrected chi connectivity index (χ2v) is 6.45. The van der Waals surface area contributed by atoms with E-state index in [2.05, 4.69) is 15.3 Å². The minimum Gasteiger partial charge on any atom is -0.399 e. The molecule has 0 radical (unpaired) electrons. The minimum absolute atomic E-state index is 0.182. The Labute approximate surface area is 129 Å². The van der Waals surface area contributed by atoms with Crippen LogP contribution in [-0.2, 0) is 0 Å². The maximum atomic E-state index is 12.0. The summed E-state index contributed by atoms with van der Waals surface area (Å²) in [7, 11) is 0. The number of nitrogens with one attached hydrogen (secondary N) is 1. The molecule has 3 rings (SSSR count). The van der Waals surface area contributed by atoms with Gasteiger partial charge in [-0.1, -0.05) is 12.1 Å². The zero-order chi connectivity index (χ0) is 14.8. The van der Waals surface area contributed by atoms with E-state index in [1.807, 2.05) is 36.6 Å². The van der Waals surface area contributed by atoms with E-state index in [4.69, 9.17) is 5.73 Å². The van der Waals surface area contributed by atoms with Crippen molar-refractivity contribution < 1.29 is 4.79 Å². The summed E-state index contributed by atoms with van der Waals surface area (Å²) in [5, 5.41) is 6.12. The summed E-state index contributed by atoms with van der Waals surface area (Å²) in [5.74, 6) is -0.182. The number of carbonyl (C=O) groups is 1. The van der Waals surface area contributed by atoms with Crippen LogP contribution >= 0.6 is 22.7 Å². The van der Waals surface area contributed by atoms with E-state index in [1.165, 1.54) is 22.7 Å². The molecule has 0 saturated carbocycles. The van der Waals surface area contributed by atoms with Crippen LogP contribution in [0.3, 0.4) is 0 Å². The minimum atomic E-state index is -0.182. The first-order chi connectivity index (χ1) is 10.1. The molecule has 5 nitrogen and oxygen atoms in total. The summed E-state index contributed by atoms with van der Waals surface area (Å²) in [6.45, 7) is 1.87. The van der Waals surface area contributed by atoms with E-state index < -0.39 is 0 Å². The van der Waals surface area contributed by atoms with Gasteiger partial charge in [-0.25, -0.2) is 9.97 Å². The van der Waals surface area contributed by atoms with Gasteiger partial charge in [0.25, 0.3) is 5.91 Å². The monoisotopic (exact) mass is 316 g/mol. The SMILES string of the molecule is Cc1ncc(C(=O)Nc2nc(-c3ccc(N)cc3)cs2)s1. The Kier molecular flexibility index (Phi) is 3.68. The van der Waals surface area contributed by atoms with Crippen LogP contribution in [0.1, 0.15) is 14.7 Å². The molecule has 3 aromatic rings. The topological polar surface area (TPSA) is 80.9 Å². The van der Waals surface area contributed by atoms with Crippen molar-refractivity contribution in [3.63, 3.8) is 0 Å². The van der Waals surface area contributed by atoms with E-state index in [0.717, 1.165) is 16.3 Å². The third-order valence-corrected chi connectivity index (χ3v) is 4.45. The Bertz CT molecular complexity index is 776. The Morgan fingerprint density at radius 1 is 1.29 bits per heavy atom. The van der Waals surface area contributed by atoms with Crippen molar-refractivity contribution in [3.8, 4) is 11.3 Å². The van der Waals surface area contributed by atoms with Crippen molar-refractivity contribution in [2.45, 2.75) is 6.92 Å².